The van der Waals surface area contributed by atoms with Gasteiger partial charge in [-0.05, 0) is 64.1 Å². The van der Waals surface area contributed by atoms with E-state index in [1.165, 1.54) is 38.8 Å². The zero-order valence-corrected chi connectivity index (χ0v) is 15.4. The Kier molecular flexibility index (Phi) is 8.89. The van der Waals surface area contributed by atoms with Crippen LogP contribution in [0.15, 0.2) is 0 Å². The smallest absolute Gasteiger partial charge is 0.315 e. The van der Waals surface area contributed by atoms with E-state index < -0.39 is 0 Å². The molecule has 1 aliphatic carbocycles. The number of amides is 2. The highest BCUT2D eigenvalue weighted by atomic mass is 16.3. The summed E-state index contributed by atoms with van der Waals surface area (Å²) in [5.41, 5.74) is 0. The third-order valence-electron chi connectivity index (χ3n) is 5.77. The average molecular weight is 340 g/mol. The molecule has 2 amide bonds. The number of piperidine rings is 1. The van der Waals surface area contributed by atoms with Crippen molar-refractivity contribution in [3.8, 4) is 0 Å². The monoisotopic (exact) mass is 339 g/mol. The Balaban J connectivity index is 1.54. The standard InChI is InChI=1S/C19H37N3O2/c1-16-9-13-22(14-10-16)12-6-5-11-20-19(24)21-18-8-4-2-3-7-17(18)15-23/h16-18,23H,2-15H2,1H3,(H2,20,21,24). The number of hydrogen-bond donors (Lipinski definition) is 3. The number of nitrogens with zero attached hydrogens (tertiary/aromatic N) is 1. The van der Waals surface area contributed by atoms with Gasteiger partial charge in [0.2, 0.25) is 0 Å². The minimum absolute atomic E-state index is 0.0628. The number of likely N-dealkylation sites (tertiary alicyclic amines) is 1. The Morgan fingerprint density at radius 3 is 2.58 bits per heavy atom. The predicted molar refractivity (Wildman–Crippen MR) is 98.1 cm³/mol. The number of nitrogens with one attached hydrogen (secondary N) is 2. The van der Waals surface area contributed by atoms with Crippen LogP contribution in [0.2, 0.25) is 0 Å². The van der Waals surface area contributed by atoms with Crippen LogP contribution in [0.3, 0.4) is 0 Å². The predicted octanol–water partition coefficient (Wildman–Crippen LogP) is 2.74. The first kappa shape index (κ1) is 19.5. The first-order valence-electron chi connectivity index (χ1n) is 10.1. The highest BCUT2D eigenvalue weighted by Crippen LogP contribution is 2.23. The van der Waals surface area contributed by atoms with E-state index in [4.69, 9.17) is 0 Å². The molecule has 2 rings (SSSR count). The van der Waals surface area contributed by atoms with E-state index in [-0.39, 0.29) is 24.6 Å². The SMILES string of the molecule is CC1CCN(CCCCNC(=O)NC2CCCCCC2CO)CC1. The molecule has 5 nitrogen and oxygen atoms in total. The topological polar surface area (TPSA) is 64.6 Å². The number of aliphatic hydroxyl groups excluding tert-OH is 1. The second-order valence-electron chi connectivity index (χ2n) is 7.82. The van der Waals surface area contributed by atoms with Crippen molar-refractivity contribution >= 4 is 6.03 Å². The molecule has 0 radical (unpaired) electrons. The number of carbonyl (C=O) groups is 1. The van der Waals surface area contributed by atoms with Gasteiger partial charge in [-0.15, -0.1) is 0 Å². The maximum absolute atomic E-state index is 12.1. The number of urea groups is 1. The molecule has 1 aliphatic heterocycles. The summed E-state index contributed by atoms with van der Waals surface area (Å²) in [6.07, 6.45) is 10.4. The lowest BCUT2D eigenvalue weighted by Crippen LogP contribution is -2.46. The fraction of sp³-hybridized carbons (Fsp3) is 0.947. The van der Waals surface area contributed by atoms with Crippen LogP contribution in [-0.2, 0) is 0 Å². The molecule has 2 atom stereocenters. The number of aliphatic hydroxyl groups is 1. The molecular weight excluding hydrogens is 302 g/mol. The molecule has 1 saturated heterocycles. The van der Waals surface area contributed by atoms with E-state index in [2.05, 4.69) is 22.5 Å². The fourth-order valence-electron chi connectivity index (χ4n) is 3.96. The summed E-state index contributed by atoms with van der Waals surface area (Å²) in [6.45, 7) is 6.89. The van der Waals surface area contributed by atoms with Gasteiger partial charge in [-0.2, -0.15) is 0 Å². The van der Waals surface area contributed by atoms with Crippen molar-refractivity contribution in [1.82, 2.24) is 15.5 Å². The maximum Gasteiger partial charge on any atom is 0.315 e. The Morgan fingerprint density at radius 2 is 1.83 bits per heavy atom. The van der Waals surface area contributed by atoms with Crippen LogP contribution in [0.1, 0.15) is 64.7 Å². The van der Waals surface area contributed by atoms with Crippen LogP contribution in [0, 0.1) is 11.8 Å². The lowest BCUT2D eigenvalue weighted by molar-refractivity contribution is 0.178. The molecule has 5 heteroatoms. The van der Waals surface area contributed by atoms with Crippen LogP contribution < -0.4 is 10.6 Å². The van der Waals surface area contributed by atoms with E-state index >= 15 is 0 Å². The lowest BCUT2D eigenvalue weighted by Gasteiger charge is -2.30. The average Bonchev–Trinajstić information content (AvgIpc) is 2.81. The summed E-state index contributed by atoms with van der Waals surface area (Å²) in [5.74, 6) is 1.11. The summed E-state index contributed by atoms with van der Waals surface area (Å²) >= 11 is 0. The van der Waals surface area contributed by atoms with Crippen LogP contribution in [-0.4, -0.2) is 54.9 Å². The largest absolute Gasteiger partial charge is 0.396 e. The van der Waals surface area contributed by atoms with Gasteiger partial charge in [0.1, 0.15) is 0 Å². The quantitative estimate of drug-likeness (QED) is 0.494. The number of unbranched alkanes of at least 4 members (excludes halogenated alkanes) is 1. The molecule has 0 bridgehead atoms. The normalized spacial score (nSPS) is 26.8. The van der Waals surface area contributed by atoms with Gasteiger partial charge in [0.15, 0.2) is 0 Å². The highest BCUT2D eigenvalue weighted by molar-refractivity contribution is 5.74. The Labute approximate surface area is 147 Å². The molecule has 2 aliphatic rings. The molecule has 0 spiro atoms. The molecule has 140 valence electrons. The maximum atomic E-state index is 12.1. The summed E-state index contributed by atoms with van der Waals surface area (Å²) in [4.78, 5) is 14.6. The van der Waals surface area contributed by atoms with Gasteiger partial charge in [0.25, 0.3) is 0 Å². The second kappa shape index (κ2) is 10.9. The van der Waals surface area contributed by atoms with Crippen molar-refractivity contribution in [3.05, 3.63) is 0 Å². The molecule has 2 fully saturated rings. The van der Waals surface area contributed by atoms with Crippen LogP contribution >= 0.6 is 0 Å². The Bertz CT molecular complexity index is 357. The third kappa shape index (κ3) is 6.98. The summed E-state index contributed by atoms with van der Waals surface area (Å²) in [6, 6.07) is 0.0694. The summed E-state index contributed by atoms with van der Waals surface area (Å²) < 4.78 is 0. The minimum Gasteiger partial charge on any atom is -0.396 e. The highest BCUT2D eigenvalue weighted by Gasteiger charge is 2.24. The molecule has 0 aromatic heterocycles. The van der Waals surface area contributed by atoms with Crippen LogP contribution in [0.4, 0.5) is 4.79 Å². The van der Waals surface area contributed by atoms with Crippen molar-refractivity contribution in [1.29, 1.82) is 0 Å². The summed E-state index contributed by atoms with van der Waals surface area (Å²) in [7, 11) is 0. The lowest BCUT2D eigenvalue weighted by atomic mass is 9.96. The Morgan fingerprint density at radius 1 is 1.08 bits per heavy atom. The van der Waals surface area contributed by atoms with Gasteiger partial charge in [-0.25, -0.2) is 4.79 Å². The van der Waals surface area contributed by atoms with Crippen molar-refractivity contribution < 1.29 is 9.90 Å². The number of carbonyl (C=O) groups excluding carboxylic acids is 1. The molecule has 3 N–H and O–H groups in total. The van der Waals surface area contributed by atoms with E-state index in [0.717, 1.165) is 51.1 Å². The molecule has 0 aromatic carbocycles. The molecule has 1 heterocycles. The van der Waals surface area contributed by atoms with Gasteiger partial charge in [-0.1, -0.05) is 26.2 Å². The van der Waals surface area contributed by atoms with Crippen LogP contribution in [0.5, 0.6) is 0 Å². The molecule has 1 saturated carbocycles. The Hall–Kier alpha value is -0.810. The van der Waals surface area contributed by atoms with Gasteiger partial charge < -0.3 is 20.6 Å². The van der Waals surface area contributed by atoms with E-state index in [9.17, 15) is 9.90 Å². The summed E-state index contributed by atoms with van der Waals surface area (Å²) in [5, 5.41) is 15.6. The van der Waals surface area contributed by atoms with E-state index in [1.54, 1.807) is 0 Å². The van der Waals surface area contributed by atoms with Gasteiger partial charge in [0.05, 0.1) is 0 Å². The zero-order chi connectivity index (χ0) is 17.2. The van der Waals surface area contributed by atoms with Crippen LogP contribution in [0.25, 0.3) is 0 Å². The van der Waals surface area contributed by atoms with Crippen molar-refractivity contribution in [2.75, 3.05) is 32.8 Å². The van der Waals surface area contributed by atoms with E-state index in [0.29, 0.717) is 0 Å². The zero-order valence-electron chi connectivity index (χ0n) is 15.4. The van der Waals surface area contributed by atoms with Gasteiger partial charge >= 0.3 is 6.03 Å². The van der Waals surface area contributed by atoms with Crippen molar-refractivity contribution in [3.63, 3.8) is 0 Å². The van der Waals surface area contributed by atoms with Crippen molar-refractivity contribution in [2.24, 2.45) is 11.8 Å². The second-order valence-corrected chi connectivity index (χ2v) is 7.82. The molecule has 2 unspecified atom stereocenters. The number of hydrogen-bond acceptors (Lipinski definition) is 3. The number of rotatable bonds is 7. The molecule has 24 heavy (non-hydrogen) atoms. The third-order valence-corrected chi connectivity index (χ3v) is 5.77. The van der Waals surface area contributed by atoms with Gasteiger partial charge in [-0.3, -0.25) is 0 Å². The minimum atomic E-state index is -0.0628. The van der Waals surface area contributed by atoms with Gasteiger partial charge in [0, 0.05) is 25.1 Å². The first-order chi connectivity index (χ1) is 11.7. The van der Waals surface area contributed by atoms with Crippen molar-refractivity contribution in [2.45, 2.75) is 70.8 Å². The van der Waals surface area contributed by atoms with E-state index in [1.807, 2.05) is 0 Å². The first-order valence-corrected chi connectivity index (χ1v) is 10.1. The fourth-order valence-corrected chi connectivity index (χ4v) is 3.96. The molecule has 0 aromatic rings. The molecular formula is C19H37N3O2.